The van der Waals surface area contributed by atoms with Gasteiger partial charge < -0.3 is 9.29 Å². The molecule has 5 heteroatoms. The van der Waals surface area contributed by atoms with E-state index in [2.05, 4.69) is 4.74 Å². The lowest BCUT2D eigenvalue weighted by atomic mass is 10.1. The third-order valence-electron chi connectivity index (χ3n) is 2.16. The van der Waals surface area contributed by atoms with Crippen LogP contribution >= 0.6 is 12.0 Å². The number of hydrogen-bond acceptors (Lipinski definition) is 3. The predicted molar refractivity (Wildman–Crippen MR) is 59.1 cm³/mol. The van der Waals surface area contributed by atoms with Crippen molar-refractivity contribution < 1.29 is 18.1 Å². The van der Waals surface area contributed by atoms with Gasteiger partial charge in [-0.25, -0.2) is 0 Å². The molecule has 0 aliphatic rings. The maximum Gasteiger partial charge on any atom is 0.387 e. The van der Waals surface area contributed by atoms with Crippen molar-refractivity contribution in [3.8, 4) is 5.75 Å². The standard InChI is InChI=1S/C11H8F2O2S/c12-11(13)15-9-5-1-4-8-7(9)3-2-6-10(8)16-14/h1-6,11,14H. The highest BCUT2D eigenvalue weighted by Crippen LogP contribution is 2.32. The number of ether oxygens (including phenoxy) is 1. The first-order chi connectivity index (χ1) is 7.72. The van der Waals surface area contributed by atoms with Gasteiger partial charge in [0.05, 0.1) is 0 Å². The summed E-state index contributed by atoms with van der Waals surface area (Å²) in [6.07, 6.45) is 0. The van der Waals surface area contributed by atoms with Gasteiger partial charge in [0.1, 0.15) is 5.75 Å². The molecule has 0 bridgehead atoms. The fraction of sp³-hybridized carbons (Fsp3) is 0.0909. The molecular weight excluding hydrogens is 234 g/mol. The van der Waals surface area contributed by atoms with Crippen LogP contribution in [0.15, 0.2) is 41.3 Å². The van der Waals surface area contributed by atoms with Crippen LogP contribution in [-0.4, -0.2) is 11.2 Å². The summed E-state index contributed by atoms with van der Waals surface area (Å²) in [7, 11) is 0. The zero-order valence-corrected chi connectivity index (χ0v) is 8.88. The molecule has 0 aliphatic carbocycles. The van der Waals surface area contributed by atoms with Crippen LogP contribution in [0.4, 0.5) is 8.78 Å². The third-order valence-corrected chi connectivity index (χ3v) is 2.71. The van der Waals surface area contributed by atoms with Crippen molar-refractivity contribution in [2.45, 2.75) is 11.5 Å². The summed E-state index contributed by atoms with van der Waals surface area (Å²) >= 11 is 0.583. The molecule has 0 atom stereocenters. The molecule has 0 saturated carbocycles. The lowest BCUT2D eigenvalue weighted by Crippen LogP contribution is -2.02. The van der Waals surface area contributed by atoms with Crippen molar-refractivity contribution in [2.24, 2.45) is 0 Å². The fourth-order valence-electron chi connectivity index (χ4n) is 1.53. The Morgan fingerprint density at radius 1 is 1.06 bits per heavy atom. The molecule has 2 rings (SSSR count). The van der Waals surface area contributed by atoms with Crippen molar-refractivity contribution in [3.63, 3.8) is 0 Å². The Morgan fingerprint density at radius 2 is 1.75 bits per heavy atom. The zero-order chi connectivity index (χ0) is 11.5. The highest BCUT2D eigenvalue weighted by molar-refractivity contribution is 7.94. The van der Waals surface area contributed by atoms with Crippen LogP contribution in [0, 0.1) is 0 Å². The Labute approximate surface area is 95.0 Å². The van der Waals surface area contributed by atoms with Crippen molar-refractivity contribution in [1.29, 1.82) is 0 Å². The van der Waals surface area contributed by atoms with Gasteiger partial charge in [0.25, 0.3) is 0 Å². The number of rotatable bonds is 3. The number of halogens is 2. The Kier molecular flexibility index (Phi) is 3.26. The molecule has 16 heavy (non-hydrogen) atoms. The van der Waals surface area contributed by atoms with Gasteiger partial charge in [-0.3, -0.25) is 0 Å². The van der Waals surface area contributed by atoms with Crippen LogP contribution in [0.1, 0.15) is 0 Å². The van der Waals surface area contributed by atoms with E-state index in [0.29, 0.717) is 27.7 Å². The maximum atomic E-state index is 12.2. The first-order valence-electron chi connectivity index (χ1n) is 4.50. The molecule has 0 amide bonds. The van der Waals surface area contributed by atoms with Gasteiger partial charge in [0.15, 0.2) is 0 Å². The molecule has 1 N–H and O–H groups in total. The molecule has 2 nitrogen and oxygen atoms in total. The van der Waals surface area contributed by atoms with E-state index in [9.17, 15) is 8.78 Å². The van der Waals surface area contributed by atoms with Crippen LogP contribution < -0.4 is 4.74 Å². The molecular formula is C11H8F2O2S. The summed E-state index contributed by atoms with van der Waals surface area (Å²) in [5, 5.41) is 1.25. The normalized spacial score (nSPS) is 11.0. The van der Waals surface area contributed by atoms with Crippen LogP contribution in [0.25, 0.3) is 10.8 Å². The largest absolute Gasteiger partial charge is 0.434 e. The quantitative estimate of drug-likeness (QED) is 0.825. The summed E-state index contributed by atoms with van der Waals surface area (Å²) in [4.78, 5) is 0.609. The van der Waals surface area contributed by atoms with Crippen LogP contribution in [0.5, 0.6) is 5.75 Å². The van der Waals surface area contributed by atoms with E-state index < -0.39 is 6.61 Å². The average Bonchev–Trinajstić information content (AvgIpc) is 2.28. The summed E-state index contributed by atoms with van der Waals surface area (Å²) in [6, 6.07) is 9.89. The van der Waals surface area contributed by atoms with E-state index in [-0.39, 0.29) is 5.75 Å². The van der Waals surface area contributed by atoms with E-state index in [1.807, 2.05) is 0 Å². The molecule has 2 aromatic carbocycles. The van der Waals surface area contributed by atoms with Crippen LogP contribution in [0.2, 0.25) is 0 Å². The van der Waals surface area contributed by atoms with Gasteiger partial charge in [-0.2, -0.15) is 8.78 Å². The van der Waals surface area contributed by atoms with E-state index >= 15 is 0 Å². The number of benzene rings is 2. The molecule has 84 valence electrons. The highest BCUT2D eigenvalue weighted by atomic mass is 32.2. The second kappa shape index (κ2) is 4.67. The minimum absolute atomic E-state index is 0.114. The van der Waals surface area contributed by atoms with Crippen molar-refractivity contribution >= 4 is 22.8 Å². The summed E-state index contributed by atoms with van der Waals surface area (Å²) < 4.78 is 37.7. The molecule has 0 spiro atoms. The third kappa shape index (κ3) is 2.10. The van der Waals surface area contributed by atoms with E-state index in [4.69, 9.17) is 4.55 Å². The SMILES string of the molecule is OSc1cccc2c(OC(F)F)cccc12. The Hall–Kier alpha value is -1.33. The molecule has 0 saturated heterocycles. The van der Waals surface area contributed by atoms with E-state index in [1.54, 1.807) is 30.3 Å². The molecule has 0 aromatic heterocycles. The average molecular weight is 242 g/mol. The van der Waals surface area contributed by atoms with E-state index in [0.717, 1.165) is 0 Å². The maximum absolute atomic E-state index is 12.2. The monoisotopic (exact) mass is 242 g/mol. The van der Waals surface area contributed by atoms with Gasteiger partial charge >= 0.3 is 6.61 Å². The van der Waals surface area contributed by atoms with Crippen LogP contribution in [-0.2, 0) is 0 Å². The van der Waals surface area contributed by atoms with Crippen molar-refractivity contribution in [1.82, 2.24) is 0 Å². The van der Waals surface area contributed by atoms with Crippen molar-refractivity contribution in [3.05, 3.63) is 36.4 Å². The summed E-state index contributed by atoms with van der Waals surface area (Å²) in [6.45, 7) is -2.85. The Morgan fingerprint density at radius 3 is 2.44 bits per heavy atom. The van der Waals surface area contributed by atoms with Gasteiger partial charge in [-0.15, -0.1) is 0 Å². The summed E-state index contributed by atoms with van der Waals surface area (Å²) in [5.74, 6) is 0.114. The lowest BCUT2D eigenvalue weighted by molar-refractivity contribution is -0.0487. The minimum atomic E-state index is -2.85. The molecule has 0 heterocycles. The Balaban J connectivity index is 2.59. The van der Waals surface area contributed by atoms with E-state index in [1.165, 1.54) is 6.07 Å². The first-order valence-corrected chi connectivity index (χ1v) is 5.27. The first kappa shape index (κ1) is 11.2. The van der Waals surface area contributed by atoms with Gasteiger partial charge in [-0.05, 0) is 12.1 Å². The minimum Gasteiger partial charge on any atom is -0.434 e. The van der Waals surface area contributed by atoms with Crippen molar-refractivity contribution in [2.75, 3.05) is 0 Å². The summed E-state index contributed by atoms with van der Waals surface area (Å²) in [5.41, 5.74) is 0. The second-order valence-electron chi connectivity index (χ2n) is 3.08. The molecule has 0 aliphatic heterocycles. The molecule has 0 fully saturated rings. The van der Waals surface area contributed by atoms with Gasteiger partial charge in [0, 0.05) is 27.7 Å². The van der Waals surface area contributed by atoms with Gasteiger partial charge in [0.2, 0.25) is 0 Å². The topological polar surface area (TPSA) is 29.5 Å². The highest BCUT2D eigenvalue weighted by Gasteiger charge is 2.09. The molecule has 0 radical (unpaired) electrons. The number of alkyl halides is 2. The lowest BCUT2D eigenvalue weighted by Gasteiger charge is -2.09. The Bertz CT molecular complexity index is 502. The van der Waals surface area contributed by atoms with Crippen LogP contribution in [0.3, 0.4) is 0 Å². The van der Waals surface area contributed by atoms with Gasteiger partial charge in [-0.1, -0.05) is 24.3 Å². The second-order valence-corrected chi connectivity index (χ2v) is 3.70. The molecule has 2 aromatic rings. The number of hydrogen-bond donors (Lipinski definition) is 1. The number of fused-ring (bicyclic) bond motifs is 1. The smallest absolute Gasteiger partial charge is 0.387 e. The fourth-order valence-corrected chi connectivity index (χ4v) is 1.95. The molecule has 0 unspecified atom stereocenters. The predicted octanol–water partition coefficient (Wildman–Crippen LogP) is 4.01. The zero-order valence-electron chi connectivity index (χ0n) is 8.06.